The maximum Gasteiger partial charge on any atom is 0.136 e. The Bertz CT molecular complexity index is 478. The second-order valence-electron chi connectivity index (χ2n) is 5.48. The van der Waals surface area contributed by atoms with Gasteiger partial charge in [-0.15, -0.1) is 0 Å². The molecule has 5 nitrogen and oxygen atoms in total. The van der Waals surface area contributed by atoms with E-state index in [2.05, 4.69) is 11.4 Å². The smallest absolute Gasteiger partial charge is 0.136 e. The van der Waals surface area contributed by atoms with E-state index in [4.69, 9.17) is 10.00 Å². The standard InChI is InChI=1S/C15H23N3O2/c1-15(19,11-18(2)3)10-17-9-12-5-6-14(20-4)13(7-12)8-16/h5-7,17,19H,9-11H2,1-4H3. The third kappa shape index (κ3) is 5.17. The third-order valence-electron chi connectivity index (χ3n) is 2.88. The van der Waals surface area contributed by atoms with Gasteiger partial charge in [0, 0.05) is 19.6 Å². The van der Waals surface area contributed by atoms with Crippen LogP contribution in [0.2, 0.25) is 0 Å². The number of nitriles is 1. The van der Waals surface area contributed by atoms with Gasteiger partial charge in [0.2, 0.25) is 0 Å². The monoisotopic (exact) mass is 277 g/mol. The molecule has 0 fully saturated rings. The Morgan fingerprint density at radius 3 is 2.70 bits per heavy atom. The lowest BCUT2D eigenvalue weighted by Gasteiger charge is -2.27. The van der Waals surface area contributed by atoms with Crippen molar-refractivity contribution in [2.75, 3.05) is 34.3 Å². The fourth-order valence-electron chi connectivity index (χ4n) is 2.17. The van der Waals surface area contributed by atoms with Gasteiger partial charge in [-0.05, 0) is 38.7 Å². The lowest BCUT2D eigenvalue weighted by Crippen LogP contribution is -2.45. The second-order valence-corrected chi connectivity index (χ2v) is 5.48. The van der Waals surface area contributed by atoms with Gasteiger partial charge in [-0.2, -0.15) is 5.26 Å². The first-order valence-electron chi connectivity index (χ1n) is 6.53. The number of methoxy groups -OCH3 is 1. The fourth-order valence-corrected chi connectivity index (χ4v) is 2.17. The van der Waals surface area contributed by atoms with Gasteiger partial charge in [-0.25, -0.2) is 0 Å². The van der Waals surface area contributed by atoms with E-state index in [9.17, 15) is 5.11 Å². The van der Waals surface area contributed by atoms with Crippen LogP contribution in [-0.4, -0.2) is 49.9 Å². The Morgan fingerprint density at radius 2 is 2.15 bits per heavy atom. The number of rotatable bonds is 7. The maximum atomic E-state index is 10.2. The average Bonchev–Trinajstić information content (AvgIpc) is 2.36. The number of nitrogens with zero attached hydrogens (tertiary/aromatic N) is 2. The van der Waals surface area contributed by atoms with E-state index in [1.54, 1.807) is 26.2 Å². The molecule has 0 heterocycles. The van der Waals surface area contributed by atoms with Gasteiger partial charge < -0.3 is 20.1 Å². The molecule has 0 saturated heterocycles. The minimum Gasteiger partial charge on any atom is -0.495 e. The number of benzene rings is 1. The predicted molar refractivity (Wildman–Crippen MR) is 78.6 cm³/mol. The highest BCUT2D eigenvalue weighted by Crippen LogP contribution is 2.18. The highest BCUT2D eigenvalue weighted by Gasteiger charge is 2.20. The van der Waals surface area contributed by atoms with Crippen molar-refractivity contribution in [2.45, 2.75) is 19.1 Å². The zero-order valence-corrected chi connectivity index (χ0v) is 12.6. The maximum absolute atomic E-state index is 10.2. The van der Waals surface area contributed by atoms with Gasteiger partial charge in [0.05, 0.1) is 18.3 Å². The summed E-state index contributed by atoms with van der Waals surface area (Å²) in [6, 6.07) is 7.60. The summed E-state index contributed by atoms with van der Waals surface area (Å²) in [5.41, 5.74) is 0.725. The lowest BCUT2D eigenvalue weighted by molar-refractivity contribution is 0.0336. The number of aliphatic hydroxyl groups is 1. The zero-order chi connectivity index (χ0) is 15.2. The van der Waals surface area contributed by atoms with Crippen molar-refractivity contribution in [1.82, 2.24) is 10.2 Å². The van der Waals surface area contributed by atoms with E-state index in [-0.39, 0.29) is 0 Å². The van der Waals surface area contributed by atoms with Crippen molar-refractivity contribution >= 4 is 0 Å². The summed E-state index contributed by atoms with van der Waals surface area (Å²) >= 11 is 0. The predicted octanol–water partition coefficient (Wildman–Crippen LogP) is 0.969. The SMILES string of the molecule is COc1ccc(CNCC(C)(O)CN(C)C)cc1C#N. The van der Waals surface area contributed by atoms with Crippen LogP contribution in [0.15, 0.2) is 18.2 Å². The largest absolute Gasteiger partial charge is 0.495 e. The van der Waals surface area contributed by atoms with Gasteiger partial charge in [0.15, 0.2) is 0 Å². The molecule has 1 atom stereocenters. The van der Waals surface area contributed by atoms with Crippen molar-refractivity contribution in [3.05, 3.63) is 29.3 Å². The molecule has 110 valence electrons. The highest BCUT2D eigenvalue weighted by atomic mass is 16.5. The number of ether oxygens (including phenoxy) is 1. The van der Waals surface area contributed by atoms with Crippen molar-refractivity contribution in [1.29, 1.82) is 5.26 Å². The molecule has 0 aliphatic carbocycles. The van der Waals surface area contributed by atoms with Gasteiger partial charge >= 0.3 is 0 Å². The summed E-state index contributed by atoms with van der Waals surface area (Å²) in [5.74, 6) is 0.579. The second kappa shape index (κ2) is 7.25. The van der Waals surface area contributed by atoms with E-state index < -0.39 is 5.60 Å². The summed E-state index contributed by atoms with van der Waals surface area (Å²) in [6.07, 6.45) is 0. The van der Waals surface area contributed by atoms with Crippen LogP contribution in [0.25, 0.3) is 0 Å². The molecular formula is C15H23N3O2. The van der Waals surface area contributed by atoms with E-state index in [0.717, 1.165) is 5.56 Å². The molecule has 0 aliphatic heterocycles. The van der Waals surface area contributed by atoms with Crippen LogP contribution in [0.1, 0.15) is 18.1 Å². The highest BCUT2D eigenvalue weighted by molar-refractivity contribution is 5.45. The van der Waals surface area contributed by atoms with Crippen LogP contribution in [0.4, 0.5) is 0 Å². The normalized spacial score (nSPS) is 13.8. The Hall–Kier alpha value is -1.61. The van der Waals surface area contributed by atoms with Crippen molar-refractivity contribution in [3.63, 3.8) is 0 Å². The quantitative estimate of drug-likeness (QED) is 0.777. The molecule has 1 aromatic carbocycles. The Balaban J connectivity index is 2.57. The van der Waals surface area contributed by atoms with Crippen LogP contribution in [0, 0.1) is 11.3 Å². The van der Waals surface area contributed by atoms with Crippen LogP contribution < -0.4 is 10.1 Å². The van der Waals surface area contributed by atoms with Crippen LogP contribution in [0.3, 0.4) is 0 Å². The Morgan fingerprint density at radius 1 is 1.45 bits per heavy atom. The van der Waals surface area contributed by atoms with E-state index in [1.807, 2.05) is 25.1 Å². The zero-order valence-electron chi connectivity index (χ0n) is 12.6. The summed E-state index contributed by atoms with van der Waals surface area (Å²) < 4.78 is 5.11. The molecule has 1 rings (SSSR count). The lowest BCUT2D eigenvalue weighted by atomic mass is 10.1. The molecule has 2 N–H and O–H groups in total. The number of nitrogens with one attached hydrogen (secondary N) is 1. The first-order chi connectivity index (χ1) is 9.38. The van der Waals surface area contributed by atoms with Gasteiger partial charge in [0.25, 0.3) is 0 Å². The van der Waals surface area contributed by atoms with E-state index in [0.29, 0.717) is 30.9 Å². The molecule has 0 amide bonds. The Kier molecular flexibility index (Phi) is 5.96. The molecule has 0 radical (unpaired) electrons. The summed E-state index contributed by atoms with van der Waals surface area (Å²) in [5, 5.41) is 22.4. The fraction of sp³-hybridized carbons (Fsp3) is 0.533. The van der Waals surface area contributed by atoms with Crippen molar-refractivity contribution in [2.24, 2.45) is 0 Å². The first kappa shape index (κ1) is 16.4. The minimum atomic E-state index is -0.784. The van der Waals surface area contributed by atoms with Crippen LogP contribution >= 0.6 is 0 Å². The molecule has 0 saturated carbocycles. The number of likely N-dealkylation sites (N-methyl/N-ethyl adjacent to an activating group) is 1. The van der Waals surface area contributed by atoms with Crippen molar-refractivity contribution in [3.8, 4) is 11.8 Å². The summed E-state index contributed by atoms with van der Waals surface area (Å²) in [7, 11) is 5.40. The topological polar surface area (TPSA) is 68.5 Å². The molecule has 1 aromatic rings. The molecule has 20 heavy (non-hydrogen) atoms. The van der Waals surface area contributed by atoms with Gasteiger partial charge in [-0.1, -0.05) is 6.07 Å². The molecule has 5 heteroatoms. The third-order valence-corrected chi connectivity index (χ3v) is 2.88. The van der Waals surface area contributed by atoms with E-state index >= 15 is 0 Å². The van der Waals surface area contributed by atoms with Gasteiger partial charge in [0.1, 0.15) is 11.8 Å². The summed E-state index contributed by atoms with van der Waals surface area (Å²) in [4.78, 5) is 1.95. The van der Waals surface area contributed by atoms with Crippen molar-refractivity contribution < 1.29 is 9.84 Å². The van der Waals surface area contributed by atoms with Crippen LogP contribution in [0.5, 0.6) is 5.75 Å². The molecule has 1 unspecified atom stereocenters. The Labute approximate surface area is 120 Å². The molecule has 0 bridgehead atoms. The summed E-state index contributed by atoms with van der Waals surface area (Å²) in [6.45, 7) is 3.47. The van der Waals surface area contributed by atoms with Crippen LogP contribution in [-0.2, 0) is 6.54 Å². The molecular weight excluding hydrogens is 254 g/mol. The number of hydrogen-bond acceptors (Lipinski definition) is 5. The molecule has 0 aromatic heterocycles. The number of hydrogen-bond donors (Lipinski definition) is 2. The first-order valence-corrected chi connectivity index (χ1v) is 6.53. The molecule has 0 aliphatic rings. The van der Waals surface area contributed by atoms with Gasteiger partial charge in [-0.3, -0.25) is 0 Å². The minimum absolute atomic E-state index is 0.485. The average molecular weight is 277 g/mol. The molecule has 0 spiro atoms. The van der Waals surface area contributed by atoms with E-state index in [1.165, 1.54) is 0 Å².